The molecule has 1 atom stereocenters. The van der Waals surface area contributed by atoms with Crippen LogP contribution in [0.2, 0.25) is 0 Å². The van der Waals surface area contributed by atoms with Crippen LogP contribution in [-0.2, 0) is 26.2 Å². The van der Waals surface area contributed by atoms with E-state index in [0.29, 0.717) is 17.9 Å². The van der Waals surface area contributed by atoms with Crippen molar-refractivity contribution in [3.8, 4) is 5.75 Å². The van der Waals surface area contributed by atoms with Crippen molar-refractivity contribution in [2.24, 2.45) is 0 Å². The van der Waals surface area contributed by atoms with Crippen LogP contribution in [0, 0.1) is 0 Å². The van der Waals surface area contributed by atoms with Crippen molar-refractivity contribution in [1.82, 2.24) is 10.2 Å². The van der Waals surface area contributed by atoms with Gasteiger partial charge in [0.05, 0.1) is 17.7 Å². The maximum absolute atomic E-state index is 14.3. The normalized spacial score (nSPS) is 14.3. The summed E-state index contributed by atoms with van der Waals surface area (Å²) in [4.78, 5) is 29.5. The van der Waals surface area contributed by atoms with Crippen LogP contribution < -0.4 is 14.4 Å². The van der Waals surface area contributed by atoms with Crippen molar-refractivity contribution < 1.29 is 22.7 Å². The van der Waals surface area contributed by atoms with E-state index in [9.17, 15) is 18.0 Å². The first kappa shape index (κ1) is 32.1. The van der Waals surface area contributed by atoms with Crippen LogP contribution in [0.3, 0.4) is 0 Å². The van der Waals surface area contributed by atoms with Gasteiger partial charge in [0.1, 0.15) is 18.3 Å². The number of carbonyl (C=O) groups is 2. The molecule has 1 aliphatic rings. The summed E-state index contributed by atoms with van der Waals surface area (Å²) in [5, 5.41) is 3.14. The second kappa shape index (κ2) is 14.6. The number of sulfonamides is 1. The van der Waals surface area contributed by atoms with Crippen LogP contribution in [0.5, 0.6) is 5.75 Å². The van der Waals surface area contributed by atoms with Gasteiger partial charge in [-0.05, 0) is 72.7 Å². The van der Waals surface area contributed by atoms with Gasteiger partial charge in [0.15, 0.2) is 0 Å². The van der Waals surface area contributed by atoms with Crippen molar-refractivity contribution >= 4 is 27.5 Å². The molecule has 0 spiro atoms. The van der Waals surface area contributed by atoms with Gasteiger partial charge >= 0.3 is 0 Å². The fourth-order valence-corrected chi connectivity index (χ4v) is 6.96. The van der Waals surface area contributed by atoms with E-state index in [1.807, 2.05) is 43.3 Å². The second-order valence-corrected chi connectivity index (χ2v) is 13.2. The van der Waals surface area contributed by atoms with Gasteiger partial charge in [0.2, 0.25) is 11.8 Å². The average Bonchev–Trinajstić information content (AvgIpc) is 3.53. The molecular weight excluding hydrogens is 562 g/mol. The lowest BCUT2D eigenvalue weighted by atomic mass is 10.0. The maximum Gasteiger partial charge on any atom is 0.264 e. The molecular formula is C34H43N3O5S. The molecule has 0 bridgehead atoms. The Balaban J connectivity index is 1.72. The molecule has 1 unspecified atom stereocenters. The third-order valence-electron chi connectivity index (χ3n) is 8.03. The molecule has 1 saturated carbocycles. The minimum Gasteiger partial charge on any atom is -0.497 e. The zero-order valence-corrected chi connectivity index (χ0v) is 26.3. The zero-order valence-electron chi connectivity index (χ0n) is 25.5. The highest BCUT2D eigenvalue weighted by molar-refractivity contribution is 7.92. The number of amides is 2. The molecule has 9 heteroatoms. The van der Waals surface area contributed by atoms with Gasteiger partial charge in [-0.3, -0.25) is 13.9 Å². The van der Waals surface area contributed by atoms with E-state index >= 15 is 0 Å². The molecule has 1 fully saturated rings. The predicted molar refractivity (Wildman–Crippen MR) is 170 cm³/mol. The van der Waals surface area contributed by atoms with Crippen LogP contribution in [0.15, 0.2) is 83.8 Å². The Morgan fingerprint density at radius 2 is 1.63 bits per heavy atom. The summed E-state index contributed by atoms with van der Waals surface area (Å²) in [7, 11) is -2.53. The summed E-state index contributed by atoms with van der Waals surface area (Å²) in [5.74, 6) is 0.205. The largest absolute Gasteiger partial charge is 0.497 e. The minimum absolute atomic E-state index is 0.0844. The van der Waals surface area contributed by atoms with E-state index in [1.54, 1.807) is 37.4 Å². The van der Waals surface area contributed by atoms with Crippen LogP contribution in [-0.4, -0.2) is 50.9 Å². The zero-order chi connectivity index (χ0) is 31.0. The van der Waals surface area contributed by atoms with E-state index in [2.05, 4.69) is 19.2 Å². The lowest BCUT2D eigenvalue weighted by molar-refractivity contribution is -0.140. The first-order valence-corrected chi connectivity index (χ1v) is 16.5. The number of methoxy groups -OCH3 is 1. The van der Waals surface area contributed by atoms with Crippen molar-refractivity contribution in [2.45, 2.75) is 82.3 Å². The molecule has 0 radical (unpaired) electrons. The Labute approximate surface area is 256 Å². The lowest BCUT2D eigenvalue weighted by Crippen LogP contribution is -2.53. The van der Waals surface area contributed by atoms with E-state index in [4.69, 9.17) is 4.74 Å². The molecule has 0 aliphatic heterocycles. The van der Waals surface area contributed by atoms with E-state index in [1.165, 1.54) is 17.0 Å². The molecule has 0 saturated heterocycles. The van der Waals surface area contributed by atoms with Crippen molar-refractivity contribution in [1.29, 1.82) is 0 Å². The number of nitrogens with zero attached hydrogens (tertiary/aromatic N) is 2. The van der Waals surface area contributed by atoms with Crippen molar-refractivity contribution in [2.75, 3.05) is 18.0 Å². The number of nitrogens with one attached hydrogen (secondary N) is 1. The molecule has 4 rings (SSSR count). The molecule has 1 aliphatic carbocycles. The molecule has 0 heterocycles. The monoisotopic (exact) mass is 605 g/mol. The van der Waals surface area contributed by atoms with Gasteiger partial charge in [-0.25, -0.2) is 8.42 Å². The van der Waals surface area contributed by atoms with Crippen molar-refractivity contribution in [3.05, 3.63) is 90.0 Å². The van der Waals surface area contributed by atoms with Gasteiger partial charge < -0.3 is 15.0 Å². The van der Waals surface area contributed by atoms with Gasteiger partial charge in [-0.2, -0.15) is 0 Å². The molecule has 8 nitrogen and oxygen atoms in total. The van der Waals surface area contributed by atoms with Gasteiger partial charge in [0.25, 0.3) is 10.0 Å². The van der Waals surface area contributed by atoms with E-state index < -0.39 is 28.5 Å². The predicted octanol–water partition coefficient (Wildman–Crippen LogP) is 5.88. The highest BCUT2D eigenvalue weighted by Gasteiger charge is 2.34. The van der Waals surface area contributed by atoms with Gasteiger partial charge in [0, 0.05) is 12.6 Å². The summed E-state index contributed by atoms with van der Waals surface area (Å²) in [6.07, 6.45) is 4.35. The first-order chi connectivity index (χ1) is 20.6. The SMILES string of the molecule is CCC(C(=O)NC1CCCC1)N(Cc1cccc(OC)c1)C(=O)CN(c1ccc(C(C)C)cc1)S(=O)(=O)c1ccccc1. The Hall–Kier alpha value is -3.85. The fraction of sp³-hybridized carbons (Fsp3) is 0.412. The number of anilines is 1. The smallest absolute Gasteiger partial charge is 0.264 e. The summed E-state index contributed by atoms with van der Waals surface area (Å²) in [6, 6.07) is 22.0. The van der Waals surface area contributed by atoms with Gasteiger partial charge in [-0.15, -0.1) is 0 Å². The van der Waals surface area contributed by atoms with Crippen LogP contribution in [0.1, 0.15) is 69.9 Å². The standard InChI is InChI=1S/C34H43N3O5S/c1-5-32(34(39)35-28-13-9-10-14-28)36(23-26-12-11-15-30(22-26)42-4)33(38)24-37(29-20-18-27(19-21-29)25(2)3)43(40,41)31-16-7-6-8-17-31/h6-8,11-12,15-22,25,28,32H,5,9-10,13-14,23-24H2,1-4H3,(H,35,39). The first-order valence-electron chi connectivity index (χ1n) is 15.0. The Kier molecular flexibility index (Phi) is 10.9. The Morgan fingerprint density at radius 3 is 2.23 bits per heavy atom. The van der Waals surface area contributed by atoms with E-state index in [-0.39, 0.29) is 29.3 Å². The third kappa shape index (κ3) is 7.96. The van der Waals surface area contributed by atoms with Crippen LogP contribution in [0.25, 0.3) is 0 Å². The van der Waals surface area contributed by atoms with Gasteiger partial charge in [-0.1, -0.05) is 76.1 Å². The molecule has 2 amide bonds. The van der Waals surface area contributed by atoms with E-state index in [0.717, 1.165) is 41.1 Å². The minimum atomic E-state index is -4.11. The fourth-order valence-electron chi connectivity index (χ4n) is 5.53. The number of benzene rings is 3. The molecule has 3 aromatic rings. The number of carbonyl (C=O) groups excluding carboxylic acids is 2. The molecule has 0 aromatic heterocycles. The summed E-state index contributed by atoms with van der Waals surface area (Å²) >= 11 is 0. The lowest BCUT2D eigenvalue weighted by Gasteiger charge is -2.34. The molecule has 3 aromatic carbocycles. The summed E-state index contributed by atoms with van der Waals surface area (Å²) in [6.45, 7) is 5.66. The number of hydrogen-bond donors (Lipinski definition) is 1. The summed E-state index contributed by atoms with van der Waals surface area (Å²) in [5.41, 5.74) is 2.21. The summed E-state index contributed by atoms with van der Waals surface area (Å²) < 4.78 is 34.6. The number of hydrogen-bond acceptors (Lipinski definition) is 5. The maximum atomic E-state index is 14.3. The topological polar surface area (TPSA) is 96.0 Å². The molecule has 43 heavy (non-hydrogen) atoms. The van der Waals surface area contributed by atoms with Crippen LogP contribution in [0.4, 0.5) is 5.69 Å². The highest BCUT2D eigenvalue weighted by atomic mass is 32.2. The quantitative estimate of drug-likeness (QED) is 0.263. The number of rotatable bonds is 13. The average molecular weight is 606 g/mol. The Bertz CT molecular complexity index is 1470. The van der Waals surface area contributed by atoms with Crippen molar-refractivity contribution in [3.63, 3.8) is 0 Å². The number of ether oxygens (including phenoxy) is 1. The second-order valence-electron chi connectivity index (χ2n) is 11.4. The third-order valence-corrected chi connectivity index (χ3v) is 9.82. The molecule has 1 N–H and O–H groups in total. The highest BCUT2D eigenvalue weighted by Crippen LogP contribution is 2.27. The molecule has 230 valence electrons. The van der Waals surface area contributed by atoms with Crippen LogP contribution >= 0.6 is 0 Å². The Morgan fingerprint density at radius 1 is 0.953 bits per heavy atom.